The van der Waals surface area contributed by atoms with Crippen molar-refractivity contribution in [1.82, 2.24) is 0 Å². The van der Waals surface area contributed by atoms with Crippen molar-refractivity contribution in [3.05, 3.63) is 35.9 Å². The Morgan fingerprint density at radius 2 is 2.07 bits per heavy atom. The maximum absolute atomic E-state index is 11.7. The normalized spacial score (nSPS) is 34.6. The van der Waals surface area contributed by atoms with Crippen molar-refractivity contribution in [2.75, 3.05) is 6.61 Å². The van der Waals surface area contributed by atoms with Gasteiger partial charge in [-0.15, -0.1) is 0 Å². The third kappa shape index (κ3) is 0.884. The highest BCUT2D eigenvalue weighted by Gasteiger charge is 2.63. The number of carbonyl (C=O) groups excluding carboxylic acids is 1. The van der Waals surface area contributed by atoms with Crippen LogP contribution in [-0.2, 0) is 14.9 Å². The van der Waals surface area contributed by atoms with Crippen LogP contribution < -0.4 is 0 Å². The number of rotatable bonds is 1. The predicted octanol–water partition coefficient (Wildman–Crippen LogP) is 1.89. The van der Waals surface area contributed by atoms with Crippen LogP contribution in [0, 0.1) is 5.92 Å². The van der Waals surface area contributed by atoms with Gasteiger partial charge in [0.1, 0.15) is 0 Å². The molecule has 14 heavy (non-hydrogen) atoms. The Morgan fingerprint density at radius 1 is 1.29 bits per heavy atom. The molecule has 2 atom stereocenters. The van der Waals surface area contributed by atoms with E-state index in [0.29, 0.717) is 12.5 Å². The molecule has 1 heterocycles. The van der Waals surface area contributed by atoms with E-state index in [1.807, 2.05) is 30.3 Å². The number of ether oxygens (including phenoxy) is 1. The van der Waals surface area contributed by atoms with Gasteiger partial charge in [0.05, 0.1) is 12.0 Å². The molecule has 3 rings (SSSR count). The number of benzene rings is 1. The lowest BCUT2D eigenvalue weighted by molar-refractivity contribution is -0.150. The van der Waals surface area contributed by atoms with E-state index in [2.05, 4.69) is 0 Å². The van der Waals surface area contributed by atoms with Gasteiger partial charge in [0.2, 0.25) is 0 Å². The lowest BCUT2D eigenvalue weighted by Gasteiger charge is -2.21. The van der Waals surface area contributed by atoms with E-state index >= 15 is 0 Å². The minimum absolute atomic E-state index is 0.0139. The molecule has 2 fully saturated rings. The molecule has 2 aliphatic rings. The average Bonchev–Trinajstić information content (AvgIpc) is 2.96. The van der Waals surface area contributed by atoms with Crippen LogP contribution in [0.4, 0.5) is 0 Å². The van der Waals surface area contributed by atoms with Crippen LogP contribution in [0.15, 0.2) is 30.3 Å². The summed E-state index contributed by atoms with van der Waals surface area (Å²) in [7, 11) is 0. The van der Waals surface area contributed by atoms with Gasteiger partial charge in [-0.25, -0.2) is 0 Å². The van der Waals surface area contributed by atoms with Gasteiger partial charge in [0, 0.05) is 0 Å². The Balaban J connectivity index is 2.02. The smallest absolute Gasteiger partial charge is 0.316 e. The summed E-state index contributed by atoms with van der Waals surface area (Å²) in [6.45, 7) is 0.609. The monoisotopic (exact) mass is 188 g/mol. The van der Waals surface area contributed by atoms with Gasteiger partial charge in [-0.2, -0.15) is 0 Å². The molecule has 0 spiro atoms. The summed E-state index contributed by atoms with van der Waals surface area (Å²) in [5.41, 5.74) is 0.870. The first kappa shape index (κ1) is 8.04. The second kappa shape index (κ2) is 2.59. The Bertz CT molecular complexity index is 371. The highest BCUT2D eigenvalue weighted by molar-refractivity contribution is 5.88. The standard InChI is InChI=1S/C12H12O2/c13-11-12(8-10(12)6-7-14-11)9-4-2-1-3-5-9/h1-5,10H,6-8H2. The van der Waals surface area contributed by atoms with Crippen molar-refractivity contribution in [2.24, 2.45) is 5.92 Å². The fourth-order valence-corrected chi connectivity index (χ4v) is 2.56. The third-order valence-corrected chi connectivity index (χ3v) is 3.46. The first-order valence-electron chi connectivity index (χ1n) is 5.07. The second-order valence-corrected chi connectivity index (χ2v) is 4.16. The van der Waals surface area contributed by atoms with Gasteiger partial charge in [0.15, 0.2) is 0 Å². The Morgan fingerprint density at radius 3 is 2.79 bits per heavy atom. The van der Waals surface area contributed by atoms with Crippen LogP contribution in [0.2, 0.25) is 0 Å². The lowest BCUT2D eigenvalue weighted by atomic mass is 9.91. The number of hydrogen-bond acceptors (Lipinski definition) is 2. The molecule has 0 radical (unpaired) electrons. The summed E-state index contributed by atoms with van der Waals surface area (Å²) in [4.78, 5) is 11.7. The molecule has 0 N–H and O–H groups in total. The van der Waals surface area contributed by atoms with Gasteiger partial charge >= 0.3 is 5.97 Å². The number of carbonyl (C=O) groups is 1. The van der Waals surface area contributed by atoms with Gasteiger partial charge in [-0.3, -0.25) is 4.79 Å². The Kier molecular flexibility index (Phi) is 1.49. The van der Waals surface area contributed by atoms with Gasteiger partial charge in [-0.1, -0.05) is 30.3 Å². The summed E-state index contributed by atoms with van der Waals surface area (Å²) in [5.74, 6) is 0.520. The van der Waals surface area contributed by atoms with Crippen LogP contribution in [0.3, 0.4) is 0 Å². The molecule has 1 saturated carbocycles. The van der Waals surface area contributed by atoms with Gasteiger partial charge in [-0.05, 0) is 24.3 Å². The van der Waals surface area contributed by atoms with E-state index in [1.165, 1.54) is 0 Å². The lowest BCUT2D eigenvalue weighted by Crippen LogP contribution is -2.30. The van der Waals surface area contributed by atoms with Crippen molar-refractivity contribution in [3.8, 4) is 0 Å². The minimum Gasteiger partial charge on any atom is -0.465 e. The maximum atomic E-state index is 11.7. The zero-order valence-corrected chi connectivity index (χ0v) is 7.90. The average molecular weight is 188 g/mol. The largest absolute Gasteiger partial charge is 0.465 e. The van der Waals surface area contributed by atoms with Crippen molar-refractivity contribution in [1.29, 1.82) is 0 Å². The molecule has 1 aliphatic carbocycles. The summed E-state index contributed by atoms with van der Waals surface area (Å²) in [5, 5.41) is 0. The maximum Gasteiger partial charge on any atom is 0.316 e. The number of esters is 1. The molecule has 0 bridgehead atoms. The quantitative estimate of drug-likeness (QED) is 0.629. The van der Waals surface area contributed by atoms with Crippen molar-refractivity contribution in [3.63, 3.8) is 0 Å². The Labute approximate surface area is 82.9 Å². The molecule has 72 valence electrons. The Hall–Kier alpha value is -1.31. The SMILES string of the molecule is O=C1OCCC2CC12c1ccccc1. The highest BCUT2D eigenvalue weighted by atomic mass is 16.5. The number of cyclic esters (lactones) is 1. The van der Waals surface area contributed by atoms with Crippen molar-refractivity contribution < 1.29 is 9.53 Å². The molecule has 2 unspecified atom stereocenters. The molecular weight excluding hydrogens is 176 g/mol. The van der Waals surface area contributed by atoms with Crippen LogP contribution >= 0.6 is 0 Å². The fourth-order valence-electron chi connectivity index (χ4n) is 2.56. The van der Waals surface area contributed by atoms with E-state index in [1.54, 1.807) is 0 Å². The first-order valence-corrected chi connectivity index (χ1v) is 5.07. The van der Waals surface area contributed by atoms with E-state index in [9.17, 15) is 4.79 Å². The highest BCUT2D eigenvalue weighted by Crippen LogP contribution is 2.58. The van der Waals surface area contributed by atoms with E-state index in [4.69, 9.17) is 4.74 Å². The van der Waals surface area contributed by atoms with E-state index < -0.39 is 0 Å². The van der Waals surface area contributed by atoms with Crippen LogP contribution in [0.5, 0.6) is 0 Å². The molecule has 0 amide bonds. The topological polar surface area (TPSA) is 26.3 Å². The van der Waals surface area contributed by atoms with Gasteiger partial charge in [0.25, 0.3) is 0 Å². The molecule has 2 nitrogen and oxygen atoms in total. The summed E-state index contributed by atoms with van der Waals surface area (Å²) in [6, 6.07) is 10.0. The first-order chi connectivity index (χ1) is 6.84. The molecule has 1 aromatic rings. The molecule has 1 aliphatic heterocycles. The van der Waals surface area contributed by atoms with E-state index in [-0.39, 0.29) is 11.4 Å². The zero-order chi connectivity index (χ0) is 9.60. The van der Waals surface area contributed by atoms with Gasteiger partial charge < -0.3 is 4.74 Å². The molecule has 1 saturated heterocycles. The second-order valence-electron chi connectivity index (χ2n) is 4.16. The zero-order valence-electron chi connectivity index (χ0n) is 7.90. The number of hydrogen-bond donors (Lipinski definition) is 0. The van der Waals surface area contributed by atoms with Crippen LogP contribution in [-0.4, -0.2) is 12.6 Å². The van der Waals surface area contributed by atoms with Crippen molar-refractivity contribution >= 4 is 5.97 Å². The predicted molar refractivity (Wildman–Crippen MR) is 51.8 cm³/mol. The summed E-state index contributed by atoms with van der Waals surface area (Å²) >= 11 is 0. The fraction of sp³-hybridized carbons (Fsp3) is 0.417. The molecule has 0 aromatic heterocycles. The number of fused-ring (bicyclic) bond motifs is 1. The van der Waals surface area contributed by atoms with E-state index in [0.717, 1.165) is 18.4 Å². The third-order valence-electron chi connectivity index (χ3n) is 3.46. The summed E-state index contributed by atoms with van der Waals surface area (Å²) < 4.78 is 5.15. The van der Waals surface area contributed by atoms with Crippen LogP contribution in [0.1, 0.15) is 18.4 Å². The molecular formula is C12H12O2. The van der Waals surface area contributed by atoms with Crippen molar-refractivity contribution in [2.45, 2.75) is 18.3 Å². The minimum atomic E-state index is -0.264. The summed E-state index contributed by atoms with van der Waals surface area (Å²) in [6.07, 6.45) is 2.01. The van der Waals surface area contributed by atoms with Crippen LogP contribution in [0.25, 0.3) is 0 Å². The molecule has 2 heteroatoms. The molecule has 1 aromatic carbocycles.